The van der Waals surface area contributed by atoms with E-state index < -0.39 is 0 Å². The summed E-state index contributed by atoms with van der Waals surface area (Å²) < 4.78 is 4.37. The van der Waals surface area contributed by atoms with Crippen LogP contribution in [0.2, 0.25) is 0 Å². The molecule has 5 nitrogen and oxygen atoms in total. The number of aromatic nitrogens is 4. The summed E-state index contributed by atoms with van der Waals surface area (Å²) in [6.45, 7) is 4.24. The fourth-order valence-electron chi connectivity index (χ4n) is 3.10. The first-order chi connectivity index (χ1) is 10.1. The number of hydrogen-bond acceptors (Lipinski definition) is 3. The van der Waals surface area contributed by atoms with Crippen LogP contribution in [0, 0.1) is 11.3 Å². The van der Waals surface area contributed by atoms with E-state index in [0.29, 0.717) is 17.7 Å². The van der Waals surface area contributed by atoms with Crippen LogP contribution in [0.25, 0.3) is 0 Å². The molecule has 0 bridgehead atoms. The van der Waals surface area contributed by atoms with E-state index in [2.05, 4.69) is 34.7 Å². The minimum absolute atomic E-state index is 0.364. The number of hydrogen-bond donors (Lipinski definition) is 0. The van der Waals surface area contributed by atoms with Crippen molar-refractivity contribution in [1.29, 1.82) is 5.26 Å². The van der Waals surface area contributed by atoms with Gasteiger partial charge in [-0.25, -0.2) is 0 Å². The van der Waals surface area contributed by atoms with Crippen LogP contribution in [0.5, 0.6) is 0 Å². The molecule has 0 N–H and O–H groups in total. The number of nitrogens with zero attached hydrogens (tertiary/aromatic N) is 5. The minimum atomic E-state index is -0.364. The maximum atomic E-state index is 9.30. The van der Waals surface area contributed by atoms with Crippen molar-refractivity contribution in [3.63, 3.8) is 0 Å². The van der Waals surface area contributed by atoms with Crippen molar-refractivity contribution in [1.82, 2.24) is 19.3 Å². The SMILES string of the molecule is CC(C)(c1nnc(C2CC2)n1C1CC1)n1cccc1C#N. The van der Waals surface area contributed by atoms with E-state index >= 15 is 0 Å². The van der Waals surface area contributed by atoms with Gasteiger partial charge in [-0.3, -0.25) is 0 Å². The molecule has 0 spiro atoms. The smallest absolute Gasteiger partial charge is 0.159 e. The molecule has 0 aliphatic heterocycles. The van der Waals surface area contributed by atoms with Gasteiger partial charge in [0.25, 0.3) is 0 Å². The van der Waals surface area contributed by atoms with Gasteiger partial charge >= 0.3 is 0 Å². The topological polar surface area (TPSA) is 59.4 Å². The lowest BCUT2D eigenvalue weighted by molar-refractivity contribution is 0.384. The van der Waals surface area contributed by atoms with Crippen molar-refractivity contribution in [3.8, 4) is 6.07 Å². The molecule has 0 amide bonds. The molecule has 108 valence electrons. The van der Waals surface area contributed by atoms with E-state index in [-0.39, 0.29) is 5.54 Å². The van der Waals surface area contributed by atoms with Crippen molar-refractivity contribution >= 4 is 0 Å². The van der Waals surface area contributed by atoms with Gasteiger partial charge in [0, 0.05) is 18.2 Å². The maximum absolute atomic E-state index is 9.30. The lowest BCUT2D eigenvalue weighted by Crippen LogP contribution is -2.32. The third kappa shape index (κ3) is 1.90. The van der Waals surface area contributed by atoms with Crippen LogP contribution >= 0.6 is 0 Å². The molecule has 4 rings (SSSR count). The maximum Gasteiger partial charge on any atom is 0.159 e. The van der Waals surface area contributed by atoms with Gasteiger partial charge in [0.15, 0.2) is 5.82 Å². The molecule has 2 saturated carbocycles. The highest BCUT2D eigenvalue weighted by Crippen LogP contribution is 2.46. The van der Waals surface area contributed by atoms with Crippen molar-refractivity contribution in [2.45, 2.75) is 57.0 Å². The Morgan fingerprint density at radius 1 is 1.24 bits per heavy atom. The molecule has 2 heterocycles. The van der Waals surface area contributed by atoms with E-state index in [1.54, 1.807) is 0 Å². The normalized spacial score (nSPS) is 18.7. The van der Waals surface area contributed by atoms with Crippen molar-refractivity contribution in [2.75, 3.05) is 0 Å². The number of nitriles is 1. The summed E-state index contributed by atoms with van der Waals surface area (Å²) in [5, 5.41) is 18.3. The Bertz CT molecular complexity index is 722. The zero-order chi connectivity index (χ0) is 14.6. The van der Waals surface area contributed by atoms with Crippen LogP contribution < -0.4 is 0 Å². The summed E-state index contributed by atoms with van der Waals surface area (Å²) in [4.78, 5) is 0. The van der Waals surface area contributed by atoms with E-state index in [1.165, 1.54) is 25.7 Å². The van der Waals surface area contributed by atoms with Gasteiger partial charge in [0.1, 0.15) is 17.6 Å². The molecular formula is C16H19N5. The molecule has 21 heavy (non-hydrogen) atoms. The summed E-state index contributed by atoms with van der Waals surface area (Å²) >= 11 is 0. The molecule has 0 saturated heterocycles. The molecule has 0 unspecified atom stereocenters. The van der Waals surface area contributed by atoms with Gasteiger partial charge in [0.05, 0.1) is 5.54 Å². The molecule has 2 aliphatic rings. The molecule has 2 fully saturated rings. The average Bonchev–Trinajstić information content (AvgIpc) is 3.40. The Labute approximate surface area is 124 Å². The Kier molecular flexibility index (Phi) is 2.53. The standard InChI is InChI=1S/C16H19N5/c1-16(2,20-9-3-4-13(20)10-17)15-19-18-14(11-5-6-11)21(15)12-7-8-12/h3-4,9,11-12H,5-8H2,1-2H3. The fraction of sp³-hybridized carbons (Fsp3) is 0.562. The van der Waals surface area contributed by atoms with Gasteiger partial charge in [-0.05, 0) is 51.7 Å². The highest BCUT2D eigenvalue weighted by atomic mass is 15.3. The molecule has 0 radical (unpaired) electrons. The van der Waals surface area contributed by atoms with E-state index in [4.69, 9.17) is 0 Å². The van der Waals surface area contributed by atoms with Gasteiger partial charge in [-0.2, -0.15) is 5.26 Å². The third-order valence-corrected chi connectivity index (χ3v) is 4.59. The third-order valence-electron chi connectivity index (χ3n) is 4.59. The predicted molar refractivity (Wildman–Crippen MR) is 77.8 cm³/mol. The second-order valence-electron chi connectivity index (χ2n) is 6.69. The second-order valence-corrected chi connectivity index (χ2v) is 6.69. The van der Waals surface area contributed by atoms with Crippen LogP contribution in [-0.2, 0) is 5.54 Å². The zero-order valence-corrected chi connectivity index (χ0v) is 12.5. The Morgan fingerprint density at radius 2 is 2.00 bits per heavy atom. The van der Waals surface area contributed by atoms with E-state index in [1.807, 2.05) is 22.9 Å². The Balaban J connectivity index is 1.84. The van der Waals surface area contributed by atoms with Crippen LogP contribution in [-0.4, -0.2) is 19.3 Å². The van der Waals surface area contributed by atoms with Gasteiger partial charge in [-0.15, -0.1) is 10.2 Å². The van der Waals surface area contributed by atoms with Gasteiger partial charge in [-0.1, -0.05) is 0 Å². The molecular weight excluding hydrogens is 262 g/mol. The summed E-state index contributed by atoms with van der Waals surface area (Å²) in [6, 6.07) is 6.59. The average molecular weight is 281 g/mol. The summed E-state index contributed by atoms with van der Waals surface area (Å²) in [7, 11) is 0. The lowest BCUT2D eigenvalue weighted by atomic mass is 10.0. The first kappa shape index (κ1) is 12.6. The summed E-state index contributed by atoms with van der Waals surface area (Å²) in [6.07, 6.45) is 6.87. The summed E-state index contributed by atoms with van der Waals surface area (Å²) in [5.74, 6) is 2.74. The first-order valence-electron chi connectivity index (χ1n) is 7.66. The molecule has 2 aliphatic carbocycles. The monoisotopic (exact) mass is 281 g/mol. The van der Waals surface area contributed by atoms with Gasteiger partial charge in [0.2, 0.25) is 0 Å². The van der Waals surface area contributed by atoms with Gasteiger partial charge < -0.3 is 9.13 Å². The minimum Gasteiger partial charge on any atom is -0.327 e. The van der Waals surface area contributed by atoms with Crippen LogP contribution in [0.15, 0.2) is 18.3 Å². The molecule has 0 aromatic carbocycles. The highest BCUT2D eigenvalue weighted by Gasteiger charge is 2.40. The summed E-state index contributed by atoms with van der Waals surface area (Å²) in [5.41, 5.74) is 0.301. The second kappa shape index (κ2) is 4.20. The lowest BCUT2D eigenvalue weighted by Gasteiger charge is -2.28. The highest BCUT2D eigenvalue weighted by molar-refractivity contribution is 5.27. The van der Waals surface area contributed by atoms with E-state index in [9.17, 15) is 5.26 Å². The molecule has 2 aromatic heterocycles. The number of rotatable bonds is 4. The Hall–Kier alpha value is -2.09. The quantitative estimate of drug-likeness (QED) is 0.865. The van der Waals surface area contributed by atoms with Crippen molar-refractivity contribution in [3.05, 3.63) is 35.7 Å². The molecule has 2 aromatic rings. The molecule has 5 heteroatoms. The zero-order valence-electron chi connectivity index (χ0n) is 12.5. The van der Waals surface area contributed by atoms with Crippen LogP contribution in [0.4, 0.5) is 0 Å². The Morgan fingerprint density at radius 3 is 2.62 bits per heavy atom. The van der Waals surface area contributed by atoms with Crippen molar-refractivity contribution in [2.24, 2.45) is 0 Å². The van der Waals surface area contributed by atoms with Crippen LogP contribution in [0.3, 0.4) is 0 Å². The fourth-order valence-corrected chi connectivity index (χ4v) is 3.10. The first-order valence-corrected chi connectivity index (χ1v) is 7.66. The largest absolute Gasteiger partial charge is 0.327 e. The van der Waals surface area contributed by atoms with E-state index in [0.717, 1.165) is 11.6 Å². The van der Waals surface area contributed by atoms with Crippen LogP contribution in [0.1, 0.15) is 68.8 Å². The van der Waals surface area contributed by atoms with Crippen molar-refractivity contribution < 1.29 is 0 Å². The molecule has 0 atom stereocenters. The predicted octanol–water partition coefficient (Wildman–Crippen LogP) is 2.95.